The molecule has 1 aliphatic rings. The van der Waals surface area contributed by atoms with Crippen molar-refractivity contribution in [2.75, 3.05) is 19.6 Å². The van der Waals surface area contributed by atoms with Crippen molar-refractivity contribution in [3.8, 4) is 0 Å². The van der Waals surface area contributed by atoms with E-state index in [2.05, 4.69) is 0 Å². The maximum absolute atomic E-state index is 10.7. The third-order valence-electron chi connectivity index (χ3n) is 2.38. The Morgan fingerprint density at radius 2 is 2.38 bits per heavy atom. The lowest BCUT2D eigenvalue weighted by Gasteiger charge is -2.31. The summed E-state index contributed by atoms with van der Waals surface area (Å²) < 4.78 is 0. The number of nitrogens with zero attached hydrogens (tertiary/aromatic N) is 1. The van der Waals surface area contributed by atoms with Crippen molar-refractivity contribution in [2.24, 2.45) is 5.92 Å². The Labute approximate surface area is 78.2 Å². The molecule has 0 aromatic rings. The Hall–Kier alpha value is -0.610. The van der Waals surface area contributed by atoms with Gasteiger partial charge >= 0.3 is 5.97 Å². The van der Waals surface area contributed by atoms with E-state index in [1.54, 1.807) is 6.92 Å². The summed E-state index contributed by atoms with van der Waals surface area (Å²) in [5, 5.41) is 17.9. The summed E-state index contributed by atoms with van der Waals surface area (Å²) in [5.74, 6) is -0.956. The lowest BCUT2D eigenvalue weighted by molar-refractivity contribution is -0.143. The van der Waals surface area contributed by atoms with E-state index in [0.29, 0.717) is 13.1 Å². The Balaban J connectivity index is 2.37. The third-order valence-corrected chi connectivity index (χ3v) is 2.38. The minimum atomic E-state index is -0.713. The molecule has 0 saturated carbocycles. The van der Waals surface area contributed by atoms with Gasteiger partial charge < -0.3 is 10.2 Å². The first-order valence-electron chi connectivity index (χ1n) is 4.73. The van der Waals surface area contributed by atoms with Crippen LogP contribution >= 0.6 is 0 Å². The molecule has 1 fully saturated rings. The predicted molar refractivity (Wildman–Crippen MR) is 48.5 cm³/mol. The van der Waals surface area contributed by atoms with E-state index in [4.69, 9.17) is 10.2 Å². The molecule has 2 atom stereocenters. The normalized spacial score (nSPS) is 27.1. The lowest BCUT2D eigenvalue weighted by atomic mass is 9.98. The zero-order valence-corrected chi connectivity index (χ0v) is 7.94. The van der Waals surface area contributed by atoms with Gasteiger partial charge in [-0.1, -0.05) is 0 Å². The van der Waals surface area contributed by atoms with E-state index in [1.807, 2.05) is 4.90 Å². The first-order valence-corrected chi connectivity index (χ1v) is 4.73. The van der Waals surface area contributed by atoms with Crippen LogP contribution in [0.15, 0.2) is 0 Å². The molecular weight excluding hydrogens is 170 g/mol. The molecule has 2 unspecified atom stereocenters. The second-order valence-electron chi connectivity index (χ2n) is 3.79. The fraction of sp³-hybridized carbons (Fsp3) is 0.889. The Morgan fingerprint density at radius 3 is 2.92 bits per heavy atom. The Morgan fingerprint density at radius 1 is 1.69 bits per heavy atom. The van der Waals surface area contributed by atoms with Gasteiger partial charge in [0.25, 0.3) is 0 Å². The first-order chi connectivity index (χ1) is 6.09. The highest BCUT2D eigenvalue weighted by Crippen LogP contribution is 2.16. The lowest BCUT2D eigenvalue weighted by Crippen LogP contribution is -2.41. The number of hydrogen-bond donors (Lipinski definition) is 2. The largest absolute Gasteiger partial charge is 0.481 e. The Bertz CT molecular complexity index is 182. The second kappa shape index (κ2) is 4.58. The molecule has 0 bridgehead atoms. The van der Waals surface area contributed by atoms with Crippen molar-refractivity contribution in [1.82, 2.24) is 4.90 Å². The molecule has 0 aromatic carbocycles. The van der Waals surface area contributed by atoms with E-state index in [9.17, 15) is 4.79 Å². The molecule has 13 heavy (non-hydrogen) atoms. The minimum Gasteiger partial charge on any atom is -0.481 e. The van der Waals surface area contributed by atoms with E-state index in [0.717, 1.165) is 19.4 Å². The highest BCUT2D eigenvalue weighted by atomic mass is 16.4. The van der Waals surface area contributed by atoms with Crippen molar-refractivity contribution >= 4 is 5.97 Å². The fourth-order valence-corrected chi connectivity index (χ4v) is 1.80. The molecule has 1 aliphatic heterocycles. The molecule has 0 aromatic heterocycles. The maximum Gasteiger partial charge on any atom is 0.307 e. The number of β-amino-alcohol motifs (C(OH)–C–C–N with tert-alkyl or cyclic N) is 1. The van der Waals surface area contributed by atoms with E-state index in [1.165, 1.54) is 0 Å². The van der Waals surface area contributed by atoms with Crippen molar-refractivity contribution in [2.45, 2.75) is 25.9 Å². The predicted octanol–water partition coefficient (Wildman–Crippen LogP) is 0.164. The first kappa shape index (κ1) is 10.5. The number of carboxylic acids is 1. The molecule has 1 saturated heterocycles. The van der Waals surface area contributed by atoms with Crippen molar-refractivity contribution in [3.05, 3.63) is 0 Å². The molecule has 0 amide bonds. The highest BCUT2D eigenvalue weighted by molar-refractivity contribution is 5.70. The van der Waals surface area contributed by atoms with Crippen LogP contribution in [-0.2, 0) is 4.79 Å². The number of likely N-dealkylation sites (tertiary alicyclic amines) is 1. The van der Waals surface area contributed by atoms with Gasteiger partial charge in [-0.2, -0.15) is 0 Å². The number of aliphatic hydroxyl groups is 1. The van der Waals surface area contributed by atoms with Crippen LogP contribution in [0.3, 0.4) is 0 Å². The number of piperidine rings is 1. The monoisotopic (exact) mass is 187 g/mol. The molecule has 0 radical (unpaired) electrons. The van der Waals surface area contributed by atoms with Crippen molar-refractivity contribution < 1.29 is 15.0 Å². The number of aliphatic hydroxyl groups excluding tert-OH is 1. The van der Waals surface area contributed by atoms with Crippen LogP contribution in [0, 0.1) is 5.92 Å². The molecule has 4 heteroatoms. The van der Waals surface area contributed by atoms with Gasteiger partial charge in [0, 0.05) is 13.1 Å². The average Bonchev–Trinajstić information content (AvgIpc) is 2.03. The van der Waals surface area contributed by atoms with Gasteiger partial charge in [-0.25, -0.2) is 0 Å². The summed E-state index contributed by atoms with van der Waals surface area (Å²) in [4.78, 5) is 12.7. The average molecular weight is 187 g/mol. The van der Waals surface area contributed by atoms with Gasteiger partial charge in [-0.05, 0) is 26.3 Å². The molecule has 2 N–H and O–H groups in total. The smallest absolute Gasteiger partial charge is 0.307 e. The van der Waals surface area contributed by atoms with Crippen LogP contribution in [0.1, 0.15) is 19.8 Å². The summed E-state index contributed by atoms with van der Waals surface area (Å²) in [6, 6.07) is 0. The van der Waals surface area contributed by atoms with Crippen LogP contribution in [0.2, 0.25) is 0 Å². The van der Waals surface area contributed by atoms with Gasteiger partial charge in [-0.3, -0.25) is 9.69 Å². The van der Waals surface area contributed by atoms with Gasteiger partial charge in [0.2, 0.25) is 0 Å². The van der Waals surface area contributed by atoms with Gasteiger partial charge in [0.1, 0.15) is 0 Å². The summed E-state index contributed by atoms with van der Waals surface area (Å²) in [7, 11) is 0. The number of hydrogen-bond acceptors (Lipinski definition) is 3. The zero-order chi connectivity index (χ0) is 9.84. The molecule has 0 spiro atoms. The quantitative estimate of drug-likeness (QED) is 0.661. The molecule has 0 aliphatic carbocycles. The standard InChI is InChI=1S/C9H17NO3/c1-7(11)5-10-4-2-3-8(6-10)9(12)13/h7-8,11H,2-6H2,1H3,(H,12,13). The van der Waals surface area contributed by atoms with Gasteiger partial charge in [0.15, 0.2) is 0 Å². The van der Waals surface area contributed by atoms with Gasteiger partial charge in [-0.15, -0.1) is 0 Å². The highest BCUT2D eigenvalue weighted by Gasteiger charge is 2.25. The molecular formula is C9H17NO3. The summed E-state index contributed by atoms with van der Waals surface area (Å²) in [5.41, 5.74) is 0. The van der Waals surface area contributed by atoms with Crippen LogP contribution < -0.4 is 0 Å². The fourth-order valence-electron chi connectivity index (χ4n) is 1.80. The van der Waals surface area contributed by atoms with Crippen molar-refractivity contribution in [3.63, 3.8) is 0 Å². The molecule has 1 rings (SSSR count). The molecule has 76 valence electrons. The van der Waals surface area contributed by atoms with E-state index >= 15 is 0 Å². The second-order valence-corrected chi connectivity index (χ2v) is 3.79. The van der Waals surface area contributed by atoms with Crippen LogP contribution in [0.25, 0.3) is 0 Å². The molecule has 1 heterocycles. The summed E-state index contributed by atoms with van der Waals surface area (Å²) in [6.45, 7) is 3.81. The van der Waals surface area contributed by atoms with Crippen LogP contribution in [-0.4, -0.2) is 46.8 Å². The summed E-state index contributed by atoms with van der Waals surface area (Å²) in [6.07, 6.45) is 1.32. The van der Waals surface area contributed by atoms with Gasteiger partial charge in [0.05, 0.1) is 12.0 Å². The van der Waals surface area contributed by atoms with E-state index < -0.39 is 5.97 Å². The van der Waals surface area contributed by atoms with Crippen LogP contribution in [0.5, 0.6) is 0 Å². The number of carboxylic acid groups (broad SMARTS) is 1. The minimum absolute atomic E-state index is 0.243. The SMILES string of the molecule is CC(O)CN1CCCC(C(=O)O)C1. The maximum atomic E-state index is 10.7. The summed E-state index contributed by atoms with van der Waals surface area (Å²) >= 11 is 0. The zero-order valence-electron chi connectivity index (χ0n) is 7.94. The Kier molecular flexibility index (Phi) is 3.69. The number of carbonyl (C=O) groups is 1. The molecule has 4 nitrogen and oxygen atoms in total. The van der Waals surface area contributed by atoms with E-state index in [-0.39, 0.29) is 12.0 Å². The number of aliphatic carboxylic acids is 1. The van der Waals surface area contributed by atoms with Crippen molar-refractivity contribution in [1.29, 1.82) is 0 Å². The van der Waals surface area contributed by atoms with Crippen LogP contribution in [0.4, 0.5) is 0 Å². The number of rotatable bonds is 3. The third kappa shape index (κ3) is 3.32. The topological polar surface area (TPSA) is 60.8 Å².